The molecule has 1 aromatic carbocycles. The fraction of sp³-hybridized carbons (Fsp3) is 0.412. The minimum Gasteiger partial charge on any atom is -0.115 e. The summed E-state index contributed by atoms with van der Waals surface area (Å²) in [4.78, 5) is 0. The topological polar surface area (TPSA) is 0 Å². The number of terminal acetylenes is 1. The molecule has 0 aliphatic heterocycles. The van der Waals surface area contributed by atoms with Gasteiger partial charge in [-0.05, 0) is 41.9 Å². The van der Waals surface area contributed by atoms with E-state index in [0.29, 0.717) is 5.92 Å². The van der Waals surface area contributed by atoms with Crippen molar-refractivity contribution in [1.82, 2.24) is 0 Å². The van der Waals surface area contributed by atoms with E-state index in [4.69, 9.17) is 6.42 Å². The average molecular weight is 226 g/mol. The quantitative estimate of drug-likeness (QED) is 0.514. The van der Waals surface area contributed by atoms with Crippen LogP contribution in [-0.4, -0.2) is 0 Å². The molecule has 0 fully saturated rings. The lowest BCUT2D eigenvalue weighted by Gasteiger charge is -2.32. The number of hydrogen-bond acceptors (Lipinski definition) is 0. The zero-order valence-electron chi connectivity index (χ0n) is 11.2. The highest BCUT2D eigenvalue weighted by molar-refractivity contribution is 5.34. The largest absolute Gasteiger partial charge is 0.115 e. The van der Waals surface area contributed by atoms with Crippen molar-refractivity contribution in [2.24, 2.45) is 11.3 Å². The second-order valence-electron chi connectivity index (χ2n) is 5.26. The fourth-order valence-electron chi connectivity index (χ4n) is 2.41. The van der Waals surface area contributed by atoms with E-state index >= 15 is 0 Å². The van der Waals surface area contributed by atoms with E-state index in [9.17, 15) is 0 Å². The third-order valence-electron chi connectivity index (χ3n) is 3.51. The van der Waals surface area contributed by atoms with Gasteiger partial charge in [0.1, 0.15) is 0 Å². The molecule has 0 heterocycles. The molecule has 17 heavy (non-hydrogen) atoms. The minimum atomic E-state index is 0.244. The van der Waals surface area contributed by atoms with Crippen LogP contribution >= 0.6 is 0 Å². The first-order chi connectivity index (χ1) is 8.03. The van der Waals surface area contributed by atoms with Gasteiger partial charge in [0.15, 0.2) is 0 Å². The van der Waals surface area contributed by atoms with Gasteiger partial charge in [-0.15, -0.1) is 13.0 Å². The number of benzene rings is 1. The van der Waals surface area contributed by atoms with E-state index in [0.717, 1.165) is 18.4 Å². The Morgan fingerprint density at radius 1 is 1.35 bits per heavy atom. The molecule has 1 atom stereocenters. The summed E-state index contributed by atoms with van der Waals surface area (Å²) in [5, 5.41) is 0. The second-order valence-corrected chi connectivity index (χ2v) is 5.26. The van der Waals surface area contributed by atoms with E-state index < -0.39 is 0 Å². The molecule has 0 N–H and O–H groups in total. The molecule has 0 aliphatic rings. The van der Waals surface area contributed by atoms with E-state index in [1.54, 1.807) is 0 Å². The molecule has 0 aromatic heterocycles. The minimum absolute atomic E-state index is 0.244. The highest BCUT2D eigenvalue weighted by Crippen LogP contribution is 2.33. The van der Waals surface area contributed by atoms with Crippen molar-refractivity contribution in [3.05, 3.63) is 48.0 Å². The standard InChI is InChI=1S/C17H22/c1-6-14-9-11-15(12-10-14)13-17(4,5)16(7-2)8-3/h1,7,9-12,16H,2,8,13H2,3-5H3. The second kappa shape index (κ2) is 5.73. The van der Waals surface area contributed by atoms with Crippen LogP contribution in [0.3, 0.4) is 0 Å². The molecule has 0 aliphatic carbocycles. The molecule has 0 saturated carbocycles. The summed E-state index contributed by atoms with van der Waals surface area (Å²) in [5.41, 5.74) is 2.53. The summed E-state index contributed by atoms with van der Waals surface area (Å²) in [6, 6.07) is 8.29. The summed E-state index contributed by atoms with van der Waals surface area (Å²) >= 11 is 0. The van der Waals surface area contributed by atoms with Crippen molar-refractivity contribution in [3.63, 3.8) is 0 Å². The first-order valence-corrected chi connectivity index (χ1v) is 6.21. The van der Waals surface area contributed by atoms with Gasteiger partial charge < -0.3 is 0 Å². The first-order valence-electron chi connectivity index (χ1n) is 6.21. The van der Waals surface area contributed by atoms with E-state index in [1.807, 2.05) is 12.1 Å². The maximum atomic E-state index is 5.36. The van der Waals surface area contributed by atoms with Crippen molar-refractivity contribution in [2.45, 2.75) is 33.6 Å². The maximum absolute atomic E-state index is 5.36. The molecule has 0 heteroatoms. The first kappa shape index (κ1) is 13.6. The summed E-state index contributed by atoms with van der Waals surface area (Å²) in [6.45, 7) is 10.8. The van der Waals surface area contributed by atoms with Crippen molar-refractivity contribution in [1.29, 1.82) is 0 Å². The normalized spacial score (nSPS) is 12.8. The molecular weight excluding hydrogens is 204 g/mol. The van der Waals surface area contributed by atoms with Crippen molar-refractivity contribution in [2.75, 3.05) is 0 Å². The van der Waals surface area contributed by atoms with Gasteiger partial charge in [0, 0.05) is 5.56 Å². The van der Waals surface area contributed by atoms with Crippen molar-refractivity contribution >= 4 is 0 Å². The predicted molar refractivity (Wildman–Crippen MR) is 75.8 cm³/mol. The smallest absolute Gasteiger partial charge is 0.0242 e. The molecule has 90 valence electrons. The Morgan fingerprint density at radius 2 is 1.94 bits per heavy atom. The summed E-state index contributed by atoms with van der Waals surface area (Å²) < 4.78 is 0. The van der Waals surface area contributed by atoms with E-state index in [-0.39, 0.29) is 5.41 Å². The number of allylic oxidation sites excluding steroid dienone is 1. The highest BCUT2D eigenvalue weighted by Gasteiger charge is 2.25. The molecule has 0 radical (unpaired) electrons. The van der Waals surface area contributed by atoms with Crippen LogP contribution in [0.4, 0.5) is 0 Å². The number of hydrogen-bond donors (Lipinski definition) is 0. The SMILES string of the molecule is C#Cc1ccc(CC(C)(C)C(C=C)CC)cc1. The maximum Gasteiger partial charge on any atom is 0.0242 e. The van der Waals surface area contributed by atoms with Gasteiger partial charge in [-0.3, -0.25) is 0 Å². The van der Waals surface area contributed by atoms with E-state index in [1.165, 1.54) is 5.56 Å². The van der Waals surface area contributed by atoms with Crippen LogP contribution in [0, 0.1) is 23.7 Å². The Balaban J connectivity index is 2.82. The summed E-state index contributed by atoms with van der Waals surface area (Å²) in [5.74, 6) is 3.20. The van der Waals surface area contributed by atoms with Crippen LogP contribution in [0.15, 0.2) is 36.9 Å². The van der Waals surface area contributed by atoms with E-state index in [2.05, 4.69) is 51.5 Å². The van der Waals surface area contributed by atoms with Gasteiger partial charge in [0.25, 0.3) is 0 Å². The molecule has 0 saturated heterocycles. The van der Waals surface area contributed by atoms with Crippen molar-refractivity contribution < 1.29 is 0 Å². The molecular formula is C17H22. The predicted octanol–water partition coefficient (Wildman–Crippen LogP) is 4.45. The lowest BCUT2D eigenvalue weighted by Crippen LogP contribution is -2.24. The summed E-state index contributed by atoms with van der Waals surface area (Å²) in [6.07, 6.45) is 9.63. The third-order valence-corrected chi connectivity index (χ3v) is 3.51. The number of rotatable bonds is 5. The lowest BCUT2D eigenvalue weighted by molar-refractivity contribution is 0.251. The van der Waals surface area contributed by atoms with Crippen LogP contribution in [0.2, 0.25) is 0 Å². The summed E-state index contributed by atoms with van der Waals surface area (Å²) in [7, 11) is 0. The van der Waals surface area contributed by atoms with Crippen LogP contribution in [0.1, 0.15) is 38.3 Å². The van der Waals surface area contributed by atoms with Gasteiger partial charge in [-0.1, -0.05) is 44.9 Å². The van der Waals surface area contributed by atoms with Gasteiger partial charge in [0.05, 0.1) is 0 Å². The molecule has 0 amide bonds. The van der Waals surface area contributed by atoms with Crippen LogP contribution in [0.25, 0.3) is 0 Å². The molecule has 1 unspecified atom stereocenters. The average Bonchev–Trinajstić information content (AvgIpc) is 2.30. The van der Waals surface area contributed by atoms with Gasteiger partial charge in [0.2, 0.25) is 0 Å². The Bertz CT molecular complexity index is 401. The molecule has 1 rings (SSSR count). The van der Waals surface area contributed by atoms with Crippen LogP contribution in [0.5, 0.6) is 0 Å². The molecule has 0 nitrogen and oxygen atoms in total. The molecule has 0 spiro atoms. The highest BCUT2D eigenvalue weighted by atomic mass is 14.3. The molecule has 0 bridgehead atoms. The zero-order valence-corrected chi connectivity index (χ0v) is 11.2. The van der Waals surface area contributed by atoms with Crippen molar-refractivity contribution in [3.8, 4) is 12.3 Å². The monoisotopic (exact) mass is 226 g/mol. The Hall–Kier alpha value is -1.48. The Labute approximate surface area is 106 Å². The van der Waals surface area contributed by atoms with Gasteiger partial charge in [-0.25, -0.2) is 0 Å². The van der Waals surface area contributed by atoms with Gasteiger partial charge >= 0.3 is 0 Å². The zero-order chi connectivity index (χ0) is 12.9. The fourth-order valence-corrected chi connectivity index (χ4v) is 2.41. The Kier molecular flexibility index (Phi) is 4.58. The van der Waals surface area contributed by atoms with Crippen LogP contribution < -0.4 is 0 Å². The lowest BCUT2D eigenvalue weighted by atomic mass is 9.73. The Morgan fingerprint density at radius 3 is 2.35 bits per heavy atom. The van der Waals surface area contributed by atoms with Gasteiger partial charge in [-0.2, -0.15) is 0 Å². The third kappa shape index (κ3) is 3.49. The van der Waals surface area contributed by atoms with Crippen LogP contribution in [-0.2, 0) is 6.42 Å². The molecule has 1 aromatic rings.